The highest BCUT2D eigenvalue weighted by Gasteiger charge is 2.07. The van der Waals surface area contributed by atoms with E-state index in [1.165, 1.54) is 16.2 Å². The van der Waals surface area contributed by atoms with Gasteiger partial charge in [-0.25, -0.2) is 0 Å². The molecule has 3 rings (SSSR count). The molecule has 0 radical (unpaired) electrons. The van der Waals surface area contributed by atoms with E-state index in [1.54, 1.807) is 11.8 Å². The van der Waals surface area contributed by atoms with Gasteiger partial charge in [0.25, 0.3) is 0 Å². The molecule has 0 spiro atoms. The number of thiazole rings is 1. The molecule has 25 heavy (non-hydrogen) atoms. The van der Waals surface area contributed by atoms with Crippen LogP contribution in [0.15, 0.2) is 64.5 Å². The van der Waals surface area contributed by atoms with Crippen LogP contribution in [0.2, 0.25) is 0 Å². The fourth-order valence-electron chi connectivity index (χ4n) is 2.44. The lowest BCUT2D eigenvalue weighted by Crippen LogP contribution is -2.16. The van der Waals surface area contributed by atoms with Crippen molar-refractivity contribution in [1.82, 2.24) is 4.57 Å². The van der Waals surface area contributed by atoms with E-state index >= 15 is 0 Å². The Morgan fingerprint density at radius 2 is 1.92 bits per heavy atom. The summed E-state index contributed by atoms with van der Waals surface area (Å²) in [6, 6.07) is 18.2. The standard InChI is InChI=1S/C20H18N2OS2/c1-2-14-22-17-11-6-7-12-18(17)25-20(22)21-19(23)13-8-15-24-16-9-4-3-5-10-16/h1,3-7,9-12H,8,13-15H2. The molecule has 1 aromatic heterocycles. The molecule has 0 saturated heterocycles. The summed E-state index contributed by atoms with van der Waals surface area (Å²) in [6.45, 7) is 0.417. The summed E-state index contributed by atoms with van der Waals surface area (Å²) < 4.78 is 3.01. The van der Waals surface area contributed by atoms with Crippen molar-refractivity contribution >= 4 is 39.2 Å². The number of thioether (sulfide) groups is 1. The molecule has 126 valence electrons. The number of amides is 1. The number of aromatic nitrogens is 1. The normalized spacial score (nSPS) is 11.6. The zero-order chi connectivity index (χ0) is 17.5. The maximum Gasteiger partial charge on any atom is 0.248 e. The SMILES string of the molecule is C#CCn1c(=NC(=O)CCCSc2ccccc2)sc2ccccc21. The summed E-state index contributed by atoms with van der Waals surface area (Å²) in [5.41, 5.74) is 1.02. The van der Waals surface area contributed by atoms with Crippen LogP contribution in [-0.2, 0) is 11.3 Å². The minimum atomic E-state index is -0.0917. The number of terminal acetylenes is 1. The second-order valence-electron chi connectivity index (χ2n) is 5.41. The van der Waals surface area contributed by atoms with E-state index in [4.69, 9.17) is 6.42 Å². The van der Waals surface area contributed by atoms with E-state index in [1.807, 2.05) is 47.0 Å². The summed E-state index contributed by atoms with van der Waals surface area (Å²) in [4.78, 5) is 18.4. The highest BCUT2D eigenvalue weighted by Crippen LogP contribution is 2.19. The topological polar surface area (TPSA) is 34.4 Å². The zero-order valence-electron chi connectivity index (χ0n) is 13.7. The van der Waals surface area contributed by atoms with E-state index in [0.29, 0.717) is 17.8 Å². The van der Waals surface area contributed by atoms with Crippen molar-refractivity contribution in [2.45, 2.75) is 24.3 Å². The number of rotatable bonds is 6. The van der Waals surface area contributed by atoms with Gasteiger partial charge in [0, 0.05) is 11.3 Å². The Morgan fingerprint density at radius 3 is 2.72 bits per heavy atom. The third-order valence-electron chi connectivity index (χ3n) is 3.60. The third kappa shape index (κ3) is 4.62. The van der Waals surface area contributed by atoms with Crippen molar-refractivity contribution in [2.24, 2.45) is 4.99 Å². The Kier molecular flexibility index (Phi) is 6.10. The van der Waals surface area contributed by atoms with Gasteiger partial charge in [0.15, 0.2) is 4.80 Å². The first-order valence-electron chi connectivity index (χ1n) is 8.05. The van der Waals surface area contributed by atoms with Crippen LogP contribution in [0, 0.1) is 12.3 Å². The monoisotopic (exact) mass is 366 g/mol. The molecule has 0 unspecified atom stereocenters. The van der Waals surface area contributed by atoms with Crippen molar-refractivity contribution in [1.29, 1.82) is 0 Å². The molecule has 0 aliphatic rings. The van der Waals surface area contributed by atoms with Crippen molar-refractivity contribution in [3.8, 4) is 12.3 Å². The Bertz CT molecular complexity index is 965. The second-order valence-corrected chi connectivity index (χ2v) is 7.59. The average molecular weight is 367 g/mol. The highest BCUT2D eigenvalue weighted by atomic mass is 32.2. The number of benzene rings is 2. The summed E-state index contributed by atoms with van der Waals surface area (Å²) in [7, 11) is 0. The molecule has 1 amide bonds. The van der Waals surface area contributed by atoms with Gasteiger partial charge < -0.3 is 4.57 Å². The van der Waals surface area contributed by atoms with Gasteiger partial charge >= 0.3 is 0 Å². The van der Waals surface area contributed by atoms with E-state index < -0.39 is 0 Å². The van der Waals surface area contributed by atoms with Gasteiger partial charge in [-0.3, -0.25) is 4.79 Å². The largest absolute Gasteiger partial charge is 0.305 e. The van der Waals surface area contributed by atoms with Gasteiger partial charge in [0.2, 0.25) is 5.91 Å². The lowest BCUT2D eigenvalue weighted by Gasteiger charge is -2.00. The Morgan fingerprint density at radius 1 is 1.16 bits per heavy atom. The van der Waals surface area contributed by atoms with Crippen LogP contribution in [0.5, 0.6) is 0 Å². The molecule has 3 nitrogen and oxygen atoms in total. The van der Waals surface area contributed by atoms with Crippen molar-refractivity contribution in [3.63, 3.8) is 0 Å². The summed E-state index contributed by atoms with van der Waals surface area (Å²) >= 11 is 3.26. The van der Waals surface area contributed by atoms with Crippen LogP contribution in [0.4, 0.5) is 0 Å². The molecular weight excluding hydrogens is 348 g/mol. The van der Waals surface area contributed by atoms with E-state index in [9.17, 15) is 4.79 Å². The molecule has 3 aromatic rings. The first-order valence-corrected chi connectivity index (χ1v) is 9.85. The van der Waals surface area contributed by atoms with Crippen molar-refractivity contribution in [2.75, 3.05) is 5.75 Å². The fourth-order valence-corrected chi connectivity index (χ4v) is 4.36. The lowest BCUT2D eigenvalue weighted by atomic mass is 10.3. The average Bonchev–Trinajstić information content (AvgIpc) is 2.97. The summed E-state index contributed by atoms with van der Waals surface area (Å²) in [5.74, 6) is 3.45. The number of carbonyl (C=O) groups is 1. The van der Waals surface area contributed by atoms with E-state index in [-0.39, 0.29) is 5.91 Å². The maximum absolute atomic E-state index is 12.2. The molecule has 0 aliphatic heterocycles. The fraction of sp³-hybridized carbons (Fsp3) is 0.200. The van der Waals surface area contributed by atoms with Crippen LogP contribution >= 0.6 is 23.1 Å². The maximum atomic E-state index is 12.2. The quantitative estimate of drug-likeness (QED) is 0.370. The van der Waals surface area contributed by atoms with Gasteiger partial charge in [0.05, 0.1) is 16.8 Å². The molecule has 0 saturated carbocycles. The van der Waals surface area contributed by atoms with E-state index in [0.717, 1.165) is 22.4 Å². The minimum Gasteiger partial charge on any atom is -0.305 e. The number of para-hydroxylation sites is 1. The van der Waals surface area contributed by atoms with Gasteiger partial charge in [-0.1, -0.05) is 47.6 Å². The molecule has 0 atom stereocenters. The highest BCUT2D eigenvalue weighted by molar-refractivity contribution is 7.99. The molecule has 2 aromatic carbocycles. The van der Waals surface area contributed by atoms with Crippen LogP contribution in [-0.4, -0.2) is 16.2 Å². The van der Waals surface area contributed by atoms with Crippen LogP contribution in [0.1, 0.15) is 12.8 Å². The van der Waals surface area contributed by atoms with Crippen LogP contribution in [0.25, 0.3) is 10.2 Å². The van der Waals surface area contributed by atoms with Crippen LogP contribution < -0.4 is 4.80 Å². The Labute approximate surface area is 155 Å². The molecule has 0 fully saturated rings. The Hall–Kier alpha value is -2.29. The van der Waals surface area contributed by atoms with Gasteiger partial charge in [-0.05, 0) is 36.4 Å². The third-order valence-corrected chi connectivity index (χ3v) is 5.76. The van der Waals surface area contributed by atoms with Gasteiger partial charge in [-0.2, -0.15) is 4.99 Å². The van der Waals surface area contributed by atoms with Gasteiger partial charge in [0.1, 0.15) is 0 Å². The number of hydrogen-bond donors (Lipinski definition) is 0. The number of carbonyl (C=O) groups excluding carboxylic acids is 1. The molecule has 5 heteroatoms. The first kappa shape index (κ1) is 17.5. The minimum absolute atomic E-state index is 0.0917. The number of fused-ring (bicyclic) bond motifs is 1. The number of hydrogen-bond acceptors (Lipinski definition) is 3. The molecule has 0 aliphatic carbocycles. The van der Waals surface area contributed by atoms with Crippen molar-refractivity contribution < 1.29 is 4.79 Å². The smallest absolute Gasteiger partial charge is 0.248 e. The number of nitrogens with zero attached hydrogens (tertiary/aromatic N) is 2. The molecule has 0 bridgehead atoms. The first-order chi connectivity index (χ1) is 12.3. The summed E-state index contributed by atoms with van der Waals surface area (Å²) in [6.07, 6.45) is 6.72. The predicted octanol–water partition coefficient (Wildman–Crippen LogP) is 4.34. The Balaban J connectivity index is 1.66. The molecule has 0 N–H and O–H groups in total. The van der Waals surface area contributed by atoms with Crippen molar-refractivity contribution in [3.05, 3.63) is 59.4 Å². The predicted molar refractivity (Wildman–Crippen MR) is 106 cm³/mol. The van der Waals surface area contributed by atoms with Crippen LogP contribution in [0.3, 0.4) is 0 Å². The van der Waals surface area contributed by atoms with E-state index in [2.05, 4.69) is 23.0 Å². The van der Waals surface area contributed by atoms with Gasteiger partial charge in [-0.15, -0.1) is 18.2 Å². The second kappa shape index (κ2) is 8.70. The molecule has 1 heterocycles. The zero-order valence-corrected chi connectivity index (χ0v) is 15.4. The lowest BCUT2D eigenvalue weighted by molar-refractivity contribution is -0.118. The molecular formula is C20H18N2OS2. The summed E-state index contributed by atoms with van der Waals surface area (Å²) in [5, 5.41) is 0.